The number of hydrogen-bond donors (Lipinski definition) is 0. The van der Waals surface area contributed by atoms with Crippen LogP contribution < -0.4 is 0 Å². The standard InChI is InChI=1S/C20H40N4Si/c1-17(2,3)21-13-14-22(18(4,5)6)25(21)23(19(7,8)9)15-16-24(25)20(10,11)12/h13-16H,1-12H3. The monoisotopic (exact) mass is 364 g/mol. The molecule has 0 radical (unpaired) electrons. The lowest BCUT2D eigenvalue weighted by Crippen LogP contribution is -2.83. The zero-order valence-electron chi connectivity index (χ0n) is 18.6. The summed E-state index contributed by atoms with van der Waals surface area (Å²) in [5, 5.41) is 0. The van der Waals surface area contributed by atoms with Crippen molar-refractivity contribution in [3.05, 3.63) is 24.8 Å². The summed E-state index contributed by atoms with van der Waals surface area (Å²) in [6, 6.07) is 0. The van der Waals surface area contributed by atoms with Crippen molar-refractivity contribution in [1.82, 2.24) is 18.3 Å². The van der Waals surface area contributed by atoms with Gasteiger partial charge < -0.3 is 18.3 Å². The molecule has 2 aliphatic heterocycles. The van der Waals surface area contributed by atoms with Gasteiger partial charge in [-0.25, -0.2) is 0 Å². The third-order valence-corrected chi connectivity index (χ3v) is 10.8. The molecule has 0 amide bonds. The molecule has 0 atom stereocenters. The van der Waals surface area contributed by atoms with Gasteiger partial charge in [0.1, 0.15) is 0 Å². The first kappa shape index (κ1) is 20.2. The largest absolute Gasteiger partial charge is 0.503 e. The Labute approximate surface area is 157 Å². The lowest BCUT2D eigenvalue weighted by Gasteiger charge is -2.61. The van der Waals surface area contributed by atoms with E-state index in [1.165, 1.54) is 0 Å². The van der Waals surface area contributed by atoms with Crippen LogP contribution in [0.5, 0.6) is 0 Å². The zero-order valence-corrected chi connectivity index (χ0v) is 19.6. The van der Waals surface area contributed by atoms with Crippen LogP contribution in [0, 0.1) is 0 Å². The van der Waals surface area contributed by atoms with E-state index in [-0.39, 0.29) is 22.2 Å². The van der Waals surface area contributed by atoms with Crippen LogP contribution in [-0.4, -0.2) is 49.1 Å². The normalized spacial score (nSPS) is 21.3. The van der Waals surface area contributed by atoms with Gasteiger partial charge in [-0.05, 0) is 83.1 Å². The maximum Gasteiger partial charge on any atom is 0.503 e. The van der Waals surface area contributed by atoms with Gasteiger partial charge in [0, 0.05) is 47.0 Å². The zero-order chi connectivity index (χ0) is 19.6. The number of nitrogens with zero attached hydrogens (tertiary/aromatic N) is 4. The molecule has 0 aromatic carbocycles. The Bertz CT molecular complexity index is 463. The molecular formula is C20H40N4Si. The highest BCUT2D eigenvalue weighted by atomic mass is 28.4. The Morgan fingerprint density at radius 2 is 0.560 bits per heavy atom. The minimum absolute atomic E-state index is 0.0434. The maximum atomic E-state index is 2.65. The van der Waals surface area contributed by atoms with Gasteiger partial charge in [-0.1, -0.05) is 0 Å². The van der Waals surface area contributed by atoms with Crippen LogP contribution in [0.2, 0.25) is 0 Å². The van der Waals surface area contributed by atoms with E-state index in [2.05, 4.69) is 126 Å². The molecule has 0 aromatic heterocycles. The second-order valence-corrected chi connectivity index (χ2v) is 14.5. The van der Waals surface area contributed by atoms with Crippen molar-refractivity contribution in [3.63, 3.8) is 0 Å². The van der Waals surface area contributed by atoms with E-state index in [1.807, 2.05) is 0 Å². The summed E-state index contributed by atoms with van der Waals surface area (Å²) >= 11 is 0. The summed E-state index contributed by atoms with van der Waals surface area (Å²) in [5.74, 6) is 0. The van der Waals surface area contributed by atoms with Gasteiger partial charge in [0.15, 0.2) is 0 Å². The maximum absolute atomic E-state index is 2.65. The summed E-state index contributed by atoms with van der Waals surface area (Å²) in [4.78, 5) is 0. The SMILES string of the molecule is CC(C)(C)N1C=CN(C(C)(C)C)[Si]12N(C(C)(C)C)C=CN2C(C)(C)C. The fraction of sp³-hybridized carbons (Fsp3) is 0.800. The van der Waals surface area contributed by atoms with E-state index in [0.29, 0.717) is 0 Å². The predicted molar refractivity (Wildman–Crippen MR) is 110 cm³/mol. The molecule has 25 heavy (non-hydrogen) atoms. The van der Waals surface area contributed by atoms with Gasteiger partial charge >= 0.3 is 8.72 Å². The molecule has 0 aromatic rings. The molecule has 2 heterocycles. The van der Waals surface area contributed by atoms with Crippen molar-refractivity contribution in [2.45, 2.75) is 105 Å². The molecule has 0 unspecified atom stereocenters. The van der Waals surface area contributed by atoms with Gasteiger partial charge in [0.05, 0.1) is 0 Å². The average molecular weight is 365 g/mol. The van der Waals surface area contributed by atoms with E-state index in [1.54, 1.807) is 0 Å². The van der Waals surface area contributed by atoms with E-state index in [0.717, 1.165) is 0 Å². The fourth-order valence-corrected chi connectivity index (χ4v) is 10.1. The summed E-state index contributed by atoms with van der Waals surface area (Å²) < 4.78 is 10.6. The van der Waals surface area contributed by atoms with Gasteiger partial charge in [-0.2, -0.15) is 0 Å². The third-order valence-electron chi connectivity index (χ3n) is 4.91. The van der Waals surface area contributed by atoms with Crippen molar-refractivity contribution in [1.29, 1.82) is 0 Å². The van der Waals surface area contributed by atoms with Crippen LogP contribution in [0.3, 0.4) is 0 Å². The number of hydrogen-bond acceptors (Lipinski definition) is 4. The summed E-state index contributed by atoms with van der Waals surface area (Å²) in [6.07, 6.45) is 9.34. The van der Waals surface area contributed by atoms with Crippen LogP contribution in [0.1, 0.15) is 83.1 Å². The third kappa shape index (κ3) is 3.09. The fourth-order valence-electron chi connectivity index (χ4n) is 4.06. The van der Waals surface area contributed by atoms with Crippen molar-refractivity contribution >= 4 is 8.72 Å². The second kappa shape index (κ2) is 5.45. The molecule has 0 saturated heterocycles. The first-order valence-corrected chi connectivity index (χ1v) is 11.3. The predicted octanol–water partition coefficient (Wildman–Crippen LogP) is 4.79. The van der Waals surface area contributed by atoms with Crippen LogP contribution >= 0.6 is 0 Å². The van der Waals surface area contributed by atoms with Crippen LogP contribution in [0.15, 0.2) is 24.8 Å². The average Bonchev–Trinajstić information content (AvgIpc) is 2.88. The second-order valence-electron chi connectivity index (χ2n) is 11.4. The van der Waals surface area contributed by atoms with E-state index < -0.39 is 8.72 Å². The Balaban J connectivity index is 2.80. The molecule has 5 heteroatoms. The minimum Gasteiger partial charge on any atom is -0.347 e. The highest BCUT2D eigenvalue weighted by molar-refractivity contribution is 6.72. The minimum atomic E-state index is -2.42. The van der Waals surface area contributed by atoms with E-state index in [4.69, 9.17) is 0 Å². The molecule has 0 N–H and O–H groups in total. The van der Waals surface area contributed by atoms with Crippen LogP contribution in [0.25, 0.3) is 0 Å². The van der Waals surface area contributed by atoms with Gasteiger partial charge in [0.2, 0.25) is 0 Å². The lowest BCUT2D eigenvalue weighted by molar-refractivity contribution is 0.135. The van der Waals surface area contributed by atoms with Crippen LogP contribution in [-0.2, 0) is 0 Å². The van der Waals surface area contributed by atoms with Gasteiger partial charge in [-0.15, -0.1) is 0 Å². The van der Waals surface area contributed by atoms with Crippen molar-refractivity contribution < 1.29 is 0 Å². The molecule has 0 saturated carbocycles. The summed E-state index contributed by atoms with van der Waals surface area (Å²) in [5.41, 5.74) is 0.174. The van der Waals surface area contributed by atoms with Gasteiger partial charge in [-0.3, -0.25) is 0 Å². The Hall–Kier alpha value is -1.10. The first-order valence-electron chi connectivity index (χ1n) is 9.49. The molecule has 1 spiro atoms. The molecule has 2 aliphatic rings. The molecule has 2 rings (SSSR count). The topological polar surface area (TPSA) is 13.0 Å². The van der Waals surface area contributed by atoms with Crippen molar-refractivity contribution in [3.8, 4) is 0 Å². The molecule has 0 fully saturated rings. The van der Waals surface area contributed by atoms with E-state index >= 15 is 0 Å². The molecule has 4 nitrogen and oxygen atoms in total. The summed E-state index contributed by atoms with van der Waals surface area (Å²) in [7, 11) is -2.42. The lowest BCUT2D eigenvalue weighted by atomic mass is 10.1. The van der Waals surface area contributed by atoms with Crippen molar-refractivity contribution in [2.24, 2.45) is 0 Å². The molecule has 0 bridgehead atoms. The Morgan fingerprint density at radius 1 is 0.400 bits per heavy atom. The van der Waals surface area contributed by atoms with Crippen LogP contribution in [0.4, 0.5) is 0 Å². The van der Waals surface area contributed by atoms with Crippen molar-refractivity contribution in [2.75, 3.05) is 0 Å². The quantitative estimate of drug-likeness (QED) is 0.573. The molecule has 0 aliphatic carbocycles. The van der Waals surface area contributed by atoms with E-state index in [9.17, 15) is 0 Å². The van der Waals surface area contributed by atoms with Gasteiger partial charge in [0.25, 0.3) is 0 Å². The summed E-state index contributed by atoms with van der Waals surface area (Å²) in [6.45, 7) is 28.0. The highest BCUT2D eigenvalue weighted by Crippen LogP contribution is 2.47. The first-order chi connectivity index (χ1) is 10.9. The highest BCUT2D eigenvalue weighted by Gasteiger charge is 2.68. The number of rotatable bonds is 0. The Morgan fingerprint density at radius 3 is 0.680 bits per heavy atom. The Kier molecular flexibility index (Phi) is 4.40. The molecule has 144 valence electrons. The molecular weight excluding hydrogens is 324 g/mol. The smallest absolute Gasteiger partial charge is 0.347 e.